The second kappa shape index (κ2) is 7.85. The molecule has 0 unspecified atom stereocenters. The van der Waals surface area contributed by atoms with Gasteiger partial charge in [0.1, 0.15) is 11.5 Å². The molecule has 1 aliphatic heterocycles. The molecule has 2 aromatic carbocycles. The summed E-state index contributed by atoms with van der Waals surface area (Å²) in [6.45, 7) is 0.539. The van der Waals surface area contributed by atoms with E-state index in [9.17, 15) is 4.79 Å². The van der Waals surface area contributed by atoms with Gasteiger partial charge in [0.05, 0.1) is 7.11 Å². The molecule has 3 N–H and O–H groups in total. The van der Waals surface area contributed by atoms with Gasteiger partial charge in [0.2, 0.25) is 0 Å². The minimum Gasteiger partial charge on any atom is -0.497 e. The van der Waals surface area contributed by atoms with Crippen LogP contribution in [0.25, 0.3) is 0 Å². The summed E-state index contributed by atoms with van der Waals surface area (Å²) < 4.78 is 10.7. The van der Waals surface area contributed by atoms with Gasteiger partial charge in [-0.15, -0.1) is 0 Å². The lowest BCUT2D eigenvalue weighted by Crippen LogP contribution is -2.50. The number of ether oxygens (including phenoxy) is 2. The van der Waals surface area contributed by atoms with E-state index >= 15 is 0 Å². The van der Waals surface area contributed by atoms with Crippen LogP contribution in [0.4, 0.5) is 0 Å². The van der Waals surface area contributed by atoms with E-state index < -0.39 is 6.10 Å². The van der Waals surface area contributed by atoms with E-state index in [1.54, 1.807) is 7.11 Å². The van der Waals surface area contributed by atoms with E-state index in [0.717, 1.165) is 22.6 Å². The Hall–Kier alpha value is -2.80. The van der Waals surface area contributed by atoms with Crippen LogP contribution in [-0.4, -0.2) is 24.2 Å². The van der Waals surface area contributed by atoms with E-state index in [1.807, 2.05) is 48.5 Å². The molecule has 7 heteroatoms. The molecular weight excluding hydrogens is 338 g/mol. The summed E-state index contributed by atoms with van der Waals surface area (Å²) in [4.78, 5) is 12.2. The molecule has 0 aliphatic carbocycles. The second-order valence-electron chi connectivity index (χ2n) is 5.56. The summed E-state index contributed by atoms with van der Waals surface area (Å²) in [5, 5.41) is 3.36. The zero-order valence-electron chi connectivity index (χ0n) is 13.7. The molecule has 6 nitrogen and oxygen atoms in total. The van der Waals surface area contributed by atoms with Crippen LogP contribution in [0.5, 0.6) is 11.5 Å². The highest BCUT2D eigenvalue weighted by Crippen LogP contribution is 2.27. The highest BCUT2D eigenvalue weighted by molar-refractivity contribution is 7.80. The predicted octanol–water partition coefficient (Wildman–Crippen LogP) is 1.69. The summed E-state index contributed by atoms with van der Waals surface area (Å²) in [5.74, 6) is 1.29. The third-order valence-electron chi connectivity index (χ3n) is 3.85. The van der Waals surface area contributed by atoms with Crippen LogP contribution in [0, 0.1) is 0 Å². The van der Waals surface area contributed by atoms with Gasteiger partial charge in [-0.2, -0.15) is 0 Å². The molecule has 0 saturated carbocycles. The molecule has 0 aromatic heterocycles. The average molecular weight is 357 g/mol. The molecule has 0 radical (unpaired) electrons. The highest BCUT2D eigenvalue weighted by atomic mass is 32.1. The zero-order valence-corrected chi connectivity index (χ0v) is 14.6. The standard InChI is InChI=1S/C18H19N3O3S/c1-23-14-8-6-12(7-9-14)11-19-18(25)21-20-17(22)16-10-13-4-2-3-5-15(13)24-16/h2-9,16H,10-11H2,1H3,(H,20,22)(H2,19,21,25)/t16-/m1/s1. The first-order valence-corrected chi connectivity index (χ1v) is 8.27. The van der Waals surface area contributed by atoms with Crippen molar-refractivity contribution in [3.63, 3.8) is 0 Å². The lowest BCUT2D eigenvalue weighted by atomic mass is 10.1. The maximum Gasteiger partial charge on any atom is 0.279 e. The van der Waals surface area contributed by atoms with Crippen LogP contribution >= 0.6 is 12.2 Å². The summed E-state index contributed by atoms with van der Waals surface area (Å²) >= 11 is 5.16. The van der Waals surface area contributed by atoms with Crippen LogP contribution < -0.4 is 25.6 Å². The van der Waals surface area contributed by atoms with Crippen LogP contribution in [-0.2, 0) is 17.8 Å². The molecule has 1 atom stereocenters. The van der Waals surface area contributed by atoms with Crippen molar-refractivity contribution >= 4 is 23.2 Å². The number of para-hydroxylation sites is 1. The van der Waals surface area contributed by atoms with Crippen molar-refractivity contribution in [3.8, 4) is 11.5 Å². The Bertz CT molecular complexity index is 739. The van der Waals surface area contributed by atoms with Crippen molar-refractivity contribution in [2.24, 2.45) is 0 Å². The quantitative estimate of drug-likeness (QED) is 0.571. The van der Waals surface area contributed by atoms with Crippen LogP contribution in [0.1, 0.15) is 11.1 Å². The van der Waals surface area contributed by atoms with Gasteiger partial charge >= 0.3 is 0 Å². The SMILES string of the molecule is COc1ccc(CNC(=S)NNC(=O)[C@H]2Cc3ccccc3O2)cc1. The molecule has 1 heterocycles. The number of benzene rings is 2. The first kappa shape index (κ1) is 17.0. The lowest BCUT2D eigenvalue weighted by molar-refractivity contribution is -0.127. The maximum atomic E-state index is 12.2. The van der Waals surface area contributed by atoms with Crippen molar-refractivity contribution in [2.45, 2.75) is 19.1 Å². The predicted molar refractivity (Wildman–Crippen MR) is 98.3 cm³/mol. The largest absolute Gasteiger partial charge is 0.497 e. The van der Waals surface area contributed by atoms with Crippen LogP contribution in [0.2, 0.25) is 0 Å². The van der Waals surface area contributed by atoms with E-state index in [1.165, 1.54) is 0 Å². The van der Waals surface area contributed by atoms with E-state index in [4.69, 9.17) is 21.7 Å². The van der Waals surface area contributed by atoms with Gasteiger partial charge in [-0.1, -0.05) is 30.3 Å². The monoisotopic (exact) mass is 357 g/mol. The third kappa shape index (κ3) is 4.39. The summed E-state index contributed by atoms with van der Waals surface area (Å²) in [6.07, 6.45) is 0.00436. The smallest absolute Gasteiger partial charge is 0.279 e. The molecule has 3 rings (SSSR count). The number of hydrazine groups is 1. The van der Waals surface area contributed by atoms with E-state index in [-0.39, 0.29) is 5.91 Å². The number of carbonyl (C=O) groups excluding carboxylic acids is 1. The molecule has 0 bridgehead atoms. The van der Waals surface area contributed by atoms with Crippen molar-refractivity contribution in [1.82, 2.24) is 16.2 Å². The summed E-state index contributed by atoms with van der Waals surface area (Å²) in [6, 6.07) is 15.3. The summed E-state index contributed by atoms with van der Waals surface area (Å²) in [7, 11) is 1.63. The number of fused-ring (bicyclic) bond motifs is 1. The van der Waals surface area contributed by atoms with E-state index in [2.05, 4.69) is 16.2 Å². The van der Waals surface area contributed by atoms with Crippen molar-refractivity contribution in [3.05, 3.63) is 59.7 Å². The van der Waals surface area contributed by atoms with Gasteiger partial charge in [0.15, 0.2) is 11.2 Å². The van der Waals surface area contributed by atoms with Gasteiger partial charge in [0.25, 0.3) is 5.91 Å². The lowest BCUT2D eigenvalue weighted by Gasteiger charge is -2.14. The number of hydrogen-bond acceptors (Lipinski definition) is 4. The molecule has 0 saturated heterocycles. The molecule has 25 heavy (non-hydrogen) atoms. The van der Waals surface area contributed by atoms with Gasteiger partial charge in [0, 0.05) is 13.0 Å². The number of carbonyl (C=O) groups is 1. The van der Waals surface area contributed by atoms with Gasteiger partial charge in [-0.05, 0) is 41.5 Å². The molecule has 130 valence electrons. The van der Waals surface area contributed by atoms with Gasteiger partial charge in [-0.3, -0.25) is 15.6 Å². The van der Waals surface area contributed by atoms with Gasteiger partial charge < -0.3 is 14.8 Å². The minimum atomic E-state index is -0.547. The van der Waals surface area contributed by atoms with E-state index in [0.29, 0.717) is 18.1 Å². The maximum absolute atomic E-state index is 12.2. The Balaban J connectivity index is 1.41. The Labute approximate surface area is 151 Å². The number of thiocarbonyl (C=S) groups is 1. The number of methoxy groups -OCH3 is 1. The van der Waals surface area contributed by atoms with Crippen LogP contribution in [0.15, 0.2) is 48.5 Å². The van der Waals surface area contributed by atoms with Crippen molar-refractivity contribution in [1.29, 1.82) is 0 Å². The molecule has 1 amide bonds. The Kier molecular flexibility index (Phi) is 5.35. The topological polar surface area (TPSA) is 71.6 Å². The number of rotatable bonds is 4. The van der Waals surface area contributed by atoms with Crippen LogP contribution in [0.3, 0.4) is 0 Å². The first-order chi connectivity index (χ1) is 12.2. The molecule has 2 aromatic rings. The van der Waals surface area contributed by atoms with Gasteiger partial charge in [-0.25, -0.2) is 0 Å². The Morgan fingerprint density at radius 1 is 1.20 bits per heavy atom. The second-order valence-corrected chi connectivity index (χ2v) is 5.97. The molecule has 0 spiro atoms. The van der Waals surface area contributed by atoms with Crippen molar-refractivity contribution < 1.29 is 14.3 Å². The first-order valence-electron chi connectivity index (χ1n) is 7.87. The third-order valence-corrected chi connectivity index (χ3v) is 4.10. The fourth-order valence-electron chi connectivity index (χ4n) is 2.50. The molecule has 1 aliphatic rings. The zero-order chi connectivity index (χ0) is 17.6. The Morgan fingerprint density at radius 3 is 2.68 bits per heavy atom. The summed E-state index contributed by atoms with van der Waals surface area (Å²) in [5.41, 5.74) is 7.35. The van der Waals surface area contributed by atoms with Crippen molar-refractivity contribution in [2.75, 3.05) is 7.11 Å². The average Bonchev–Trinajstić information content (AvgIpc) is 3.09. The fourth-order valence-corrected chi connectivity index (χ4v) is 2.62. The number of amides is 1. The normalized spacial score (nSPS) is 14.8. The molecule has 0 fully saturated rings. The highest BCUT2D eigenvalue weighted by Gasteiger charge is 2.28. The molecular formula is C18H19N3O3S. The Morgan fingerprint density at radius 2 is 1.96 bits per heavy atom. The minimum absolute atomic E-state index is 0.259. The number of nitrogens with one attached hydrogen (secondary N) is 3. The fraction of sp³-hybridized carbons (Fsp3) is 0.222. The number of hydrogen-bond donors (Lipinski definition) is 3.